The van der Waals surface area contributed by atoms with Crippen molar-refractivity contribution in [3.8, 4) is 0 Å². The van der Waals surface area contributed by atoms with E-state index in [1.54, 1.807) is 6.92 Å². The maximum absolute atomic E-state index is 12.9. The molecule has 6 rings (SSSR count). The van der Waals surface area contributed by atoms with E-state index in [1.807, 2.05) is 0 Å². The van der Waals surface area contributed by atoms with Crippen LogP contribution in [0.5, 0.6) is 0 Å². The standard InChI is InChI=1S/C44H80O6Si2/c1-15-51(16-2,17-3)49-38-36-35(29(7)27-31(48-36)37(47-30(8)45)40(11,12)50-52(18-4,19-5)20-6)41(13)25-26-44-28-43(44)24-23-34(46)39(9,10)32(43)21-22-33(44)42(38,41)14/h29,31-38,46H,15-28H2,1-14H3/t29-,31-,32-,33+,34+,35+,36+,37+,38+,41-,42-,43?,44+/m1/s1. The molecule has 1 saturated heterocycles. The largest absolute Gasteiger partial charge is 0.457 e. The van der Waals surface area contributed by atoms with E-state index in [9.17, 15) is 9.90 Å². The number of hydrogen-bond donors (Lipinski definition) is 1. The van der Waals surface area contributed by atoms with Crippen molar-refractivity contribution in [1.82, 2.24) is 0 Å². The van der Waals surface area contributed by atoms with Crippen LogP contribution in [0, 0.1) is 50.7 Å². The van der Waals surface area contributed by atoms with Gasteiger partial charge >= 0.3 is 5.97 Å². The molecular formula is C44H80O6Si2. The van der Waals surface area contributed by atoms with Gasteiger partial charge in [0.25, 0.3) is 0 Å². The molecule has 8 heteroatoms. The van der Waals surface area contributed by atoms with Gasteiger partial charge < -0.3 is 23.4 Å². The van der Waals surface area contributed by atoms with Crippen LogP contribution in [0.25, 0.3) is 0 Å². The fourth-order valence-corrected chi connectivity index (χ4v) is 21.5. The van der Waals surface area contributed by atoms with Gasteiger partial charge in [0.15, 0.2) is 22.7 Å². The van der Waals surface area contributed by atoms with Crippen LogP contribution in [0.15, 0.2) is 0 Å². The molecule has 2 spiro atoms. The molecule has 1 aliphatic heterocycles. The molecule has 0 aromatic carbocycles. The normalized spacial score (nSPS) is 44.4. The molecule has 0 amide bonds. The van der Waals surface area contributed by atoms with Gasteiger partial charge in [-0.25, -0.2) is 0 Å². The number of aliphatic hydroxyl groups excluding tert-OH is 1. The number of esters is 1. The number of ether oxygens (including phenoxy) is 2. The lowest BCUT2D eigenvalue weighted by Gasteiger charge is -2.64. The van der Waals surface area contributed by atoms with Gasteiger partial charge in [-0.1, -0.05) is 76.2 Å². The minimum atomic E-state index is -2.05. The summed E-state index contributed by atoms with van der Waals surface area (Å²) < 4.78 is 29.2. The van der Waals surface area contributed by atoms with Gasteiger partial charge in [0.1, 0.15) is 0 Å². The van der Waals surface area contributed by atoms with Gasteiger partial charge in [-0.05, 0) is 147 Å². The number of carbonyl (C=O) groups is 1. The predicted octanol–water partition coefficient (Wildman–Crippen LogP) is 10.9. The summed E-state index contributed by atoms with van der Waals surface area (Å²) in [5, 5.41) is 11.3. The Kier molecular flexibility index (Phi) is 10.9. The molecule has 6 fully saturated rings. The fraction of sp³-hybridized carbons (Fsp3) is 0.977. The first-order valence-electron chi connectivity index (χ1n) is 22.1. The van der Waals surface area contributed by atoms with Gasteiger partial charge in [-0.2, -0.15) is 0 Å². The van der Waals surface area contributed by atoms with Crippen LogP contribution in [0.2, 0.25) is 36.3 Å². The lowest BCUT2D eigenvalue weighted by molar-refractivity contribution is -0.212. The van der Waals surface area contributed by atoms with Crippen molar-refractivity contribution in [2.45, 2.75) is 221 Å². The predicted molar refractivity (Wildman–Crippen MR) is 216 cm³/mol. The maximum Gasteiger partial charge on any atom is 0.303 e. The number of aliphatic hydroxyl groups is 1. The van der Waals surface area contributed by atoms with E-state index in [-0.39, 0.29) is 46.6 Å². The Balaban J connectivity index is 1.43. The van der Waals surface area contributed by atoms with Crippen LogP contribution in [0.4, 0.5) is 0 Å². The maximum atomic E-state index is 12.9. The van der Waals surface area contributed by atoms with Crippen molar-refractivity contribution in [3.05, 3.63) is 0 Å². The van der Waals surface area contributed by atoms with Crippen molar-refractivity contribution < 1.29 is 28.2 Å². The first-order chi connectivity index (χ1) is 24.2. The molecule has 52 heavy (non-hydrogen) atoms. The molecule has 1 unspecified atom stereocenters. The van der Waals surface area contributed by atoms with Crippen LogP contribution in [0.3, 0.4) is 0 Å². The Morgan fingerprint density at radius 1 is 0.846 bits per heavy atom. The second-order valence-corrected chi connectivity index (χ2v) is 30.3. The third kappa shape index (κ3) is 5.64. The van der Waals surface area contributed by atoms with Gasteiger partial charge in [-0.3, -0.25) is 4.79 Å². The van der Waals surface area contributed by atoms with E-state index in [2.05, 4.69) is 90.0 Å². The number of hydrogen-bond acceptors (Lipinski definition) is 6. The Bertz CT molecular complexity index is 1310. The second kappa shape index (κ2) is 13.7. The molecule has 6 aliphatic rings. The summed E-state index contributed by atoms with van der Waals surface area (Å²) in [6.07, 6.45) is 8.41. The van der Waals surface area contributed by atoms with Crippen molar-refractivity contribution in [2.75, 3.05) is 0 Å². The van der Waals surface area contributed by atoms with Crippen LogP contribution in [0.1, 0.15) is 148 Å². The molecule has 1 heterocycles. The second-order valence-electron chi connectivity index (χ2n) is 20.9. The summed E-state index contributed by atoms with van der Waals surface area (Å²) in [5.74, 6) is 1.74. The Hall–Kier alpha value is -0.256. The molecule has 300 valence electrons. The summed E-state index contributed by atoms with van der Waals surface area (Å²) >= 11 is 0. The highest BCUT2D eigenvalue weighted by Crippen LogP contribution is 2.89. The molecule has 13 atom stereocenters. The lowest BCUT2D eigenvalue weighted by atomic mass is 9.41. The van der Waals surface area contributed by atoms with E-state index in [0.29, 0.717) is 34.5 Å². The van der Waals surface area contributed by atoms with E-state index in [0.717, 1.165) is 49.1 Å². The van der Waals surface area contributed by atoms with E-state index >= 15 is 0 Å². The van der Waals surface area contributed by atoms with Crippen LogP contribution in [-0.2, 0) is 23.1 Å². The van der Waals surface area contributed by atoms with E-state index in [4.69, 9.17) is 18.3 Å². The average molecular weight is 761 g/mol. The molecule has 0 radical (unpaired) electrons. The lowest BCUT2D eigenvalue weighted by Crippen LogP contribution is -2.61. The topological polar surface area (TPSA) is 74.2 Å². The zero-order chi connectivity index (χ0) is 38.5. The Morgan fingerprint density at radius 2 is 1.40 bits per heavy atom. The SMILES string of the molecule is CC[Si](CC)(CC)O[C@H]1[C@H]2O[C@@H]([C@H](OC(C)=O)C(C)(C)O[Si](CC)(CC)CC)C[C@@H](C)[C@@H]2[C@@]2(C)CC[C@@]34CC35CC[C@H](O)C(C)(C)[C@H]5CC[C@H]4[C@]12C. The highest BCUT2D eigenvalue weighted by Gasteiger charge is 2.85. The fourth-order valence-electron chi connectivity index (χ4n) is 15.4. The average Bonchev–Trinajstić information content (AvgIpc) is 3.73. The molecule has 0 aromatic rings. The molecule has 0 aromatic heterocycles. The molecule has 5 saturated carbocycles. The minimum absolute atomic E-state index is 0.0200. The van der Waals surface area contributed by atoms with Crippen LogP contribution in [-0.4, -0.2) is 63.8 Å². The van der Waals surface area contributed by atoms with Gasteiger partial charge in [0.05, 0.1) is 30.0 Å². The first kappa shape index (κ1) is 41.4. The van der Waals surface area contributed by atoms with E-state index in [1.165, 1.54) is 38.5 Å². The monoisotopic (exact) mass is 761 g/mol. The van der Waals surface area contributed by atoms with Gasteiger partial charge in [0, 0.05) is 12.3 Å². The Labute approximate surface area is 321 Å². The summed E-state index contributed by atoms with van der Waals surface area (Å²) in [5.41, 5.74) is 0.0913. The third-order valence-corrected chi connectivity index (χ3v) is 28.3. The third-order valence-electron chi connectivity index (χ3n) is 18.8. The summed E-state index contributed by atoms with van der Waals surface area (Å²) in [4.78, 5) is 12.9. The highest BCUT2D eigenvalue weighted by atomic mass is 28.4. The van der Waals surface area contributed by atoms with Crippen LogP contribution < -0.4 is 0 Å². The van der Waals surface area contributed by atoms with Crippen molar-refractivity contribution in [3.63, 3.8) is 0 Å². The summed E-state index contributed by atoms with van der Waals surface area (Å²) in [7, 11) is -4.07. The van der Waals surface area contributed by atoms with Crippen molar-refractivity contribution >= 4 is 22.6 Å². The Morgan fingerprint density at radius 3 is 1.96 bits per heavy atom. The first-order valence-corrected chi connectivity index (χ1v) is 27.2. The van der Waals surface area contributed by atoms with Crippen molar-refractivity contribution in [1.29, 1.82) is 0 Å². The quantitative estimate of drug-likeness (QED) is 0.149. The molecule has 0 bridgehead atoms. The summed E-state index contributed by atoms with van der Waals surface area (Å²) in [6.45, 7) is 32.4. The number of fused-ring (bicyclic) bond motifs is 4. The molecule has 1 N–H and O–H groups in total. The van der Waals surface area contributed by atoms with Crippen LogP contribution >= 0.6 is 0 Å². The van der Waals surface area contributed by atoms with Crippen molar-refractivity contribution in [2.24, 2.45) is 50.7 Å². The zero-order valence-electron chi connectivity index (χ0n) is 36.1. The molecular weight excluding hydrogens is 681 g/mol. The number of rotatable bonds is 13. The smallest absolute Gasteiger partial charge is 0.303 e. The van der Waals surface area contributed by atoms with Gasteiger partial charge in [-0.15, -0.1) is 0 Å². The minimum Gasteiger partial charge on any atom is -0.457 e. The van der Waals surface area contributed by atoms with E-state index < -0.39 is 28.3 Å². The number of carbonyl (C=O) groups excluding carboxylic acids is 1. The molecule has 6 nitrogen and oxygen atoms in total. The highest BCUT2D eigenvalue weighted by molar-refractivity contribution is 6.74. The summed E-state index contributed by atoms with van der Waals surface area (Å²) in [6, 6.07) is 6.53. The zero-order valence-corrected chi connectivity index (χ0v) is 38.1. The molecule has 5 aliphatic carbocycles. The van der Waals surface area contributed by atoms with Gasteiger partial charge in [0.2, 0.25) is 0 Å².